The van der Waals surface area contributed by atoms with Gasteiger partial charge < -0.3 is 0 Å². The van der Waals surface area contributed by atoms with Crippen molar-refractivity contribution >= 4 is 46.0 Å². The zero-order valence-electron chi connectivity index (χ0n) is 17.9. The van der Waals surface area contributed by atoms with Gasteiger partial charge in [0.15, 0.2) is 0 Å². The fourth-order valence-corrected chi connectivity index (χ4v) is 3.68. The first kappa shape index (κ1) is 22.0. The average Bonchev–Trinajstić information content (AvgIpc) is 2.81. The maximum atomic E-state index is 6.30. The van der Waals surface area contributed by atoms with Crippen LogP contribution in [0.4, 0.5) is 11.4 Å². The van der Waals surface area contributed by atoms with Crippen molar-refractivity contribution in [1.82, 2.24) is 0 Å². The second-order valence-corrected chi connectivity index (χ2v) is 8.39. The lowest BCUT2D eigenvalue weighted by molar-refractivity contribution is 1.38. The molecule has 0 N–H and O–H groups in total. The number of hydrogen-bond donors (Lipinski definition) is 0. The van der Waals surface area contributed by atoms with Crippen LogP contribution in [-0.4, -0.2) is 11.4 Å². The van der Waals surface area contributed by atoms with Crippen LogP contribution in [-0.2, 0) is 0 Å². The molecular weight excluding hydrogens is 435 g/mol. The van der Waals surface area contributed by atoms with Crippen molar-refractivity contribution in [3.05, 3.63) is 129 Å². The zero-order valence-corrected chi connectivity index (χ0v) is 19.4. The molecule has 158 valence electrons. The molecule has 4 aromatic carbocycles. The topological polar surface area (TPSA) is 24.7 Å². The van der Waals surface area contributed by atoms with Gasteiger partial charge in [0, 0.05) is 21.2 Å². The monoisotopic (exact) mass is 456 g/mol. The summed E-state index contributed by atoms with van der Waals surface area (Å²) in [5.74, 6) is 0. The van der Waals surface area contributed by atoms with Gasteiger partial charge in [0.25, 0.3) is 0 Å². The van der Waals surface area contributed by atoms with E-state index < -0.39 is 0 Å². The fourth-order valence-electron chi connectivity index (χ4n) is 3.35. The third-order valence-electron chi connectivity index (χ3n) is 5.13. The lowest BCUT2D eigenvalue weighted by Crippen LogP contribution is -2.17. The van der Waals surface area contributed by atoms with Gasteiger partial charge >= 0.3 is 0 Å². The van der Waals surface area contributed by atoms with Crippen molar-refractivity contribution < 1.29 is 0 Å². The van der Waals surface area contributed by atoms with E-state index in [0.29, 0.717) is 10.0 Å². The molecule has 0 radical (unpaired) electrons. The van der Waals surface area contributed by atoms with Crippen molar-refractivity contribution in [2.45, 2.75) is 13.8 Å². The Balaban J connectivity index is 2.02. The number of halogens is 2. The maximum absolute atomic E-state index is 6.30. The van der Waals surface area contributed by atoms with Crippen LogP contribution in [0.5, 0.6) is 0 Å². The van der Waals surface area contributed by atoms with E-state index in [4.69, 9.17) is 33.2 Å². The summed E-state index contributed by atoms with van der Waals surface area (Å²) >= 11 is 12.6. The van der Waals surface area contributed by atoms with E-state index >= 15 is 0 Å². The fraction of sp³-hybridized carbons (Fsp3) is 0.0714. The number of aryl methyl sites for hydroxylation is 2. The van der Waals surface area contributed by atoms with Crippen molar-refractivity contribution in [3.8, 4) is 0 Å². The first-order valence-corrected chi connectivity index (χ1v) is 11.1. The molecule has 0 unspecified atom stereocenters. The van der Waals surface area contributed by atoms with Gasteiger partial charge in [0.1, 0.15) is 0 Å². The molecule has 4 heteroatoms. The average molecular weight is 457 g/mol. The molecule has 2 nitrogen and oxygen atoms in total. The number of benzene rings is 4. The SMILES string of the molecule is Cc1ccc(Cl)cc1/N=C(/C(=N/c1cc(Cl)ccc1C)c1ccccc1)c1ccccc1. The number of aliphatic imine (C=N–C) groups is 2. The Morgan fingerprint density at radius 3 is 1.28 bits per heavy atom. The van der Waals surface area contributed by atoms with E-state index in [9.17, 15) is 0 Å². The van der Waals surface area contributed by atoms with Crippen LogP contribution in [0.15, 0.2) is 107 Å². The van der Waals surface area contributed by atoms with Crippen molar-refractivity contribution in [1.29, 1.82) is 0 Å². The van der Waals surface area contributed by atoms with E-state index in [1.54, 1.807) is 0 Å². The molecule has 0 aliphatic carbocycles. The Morgan fingerprint density at radius 1 is 0.531 bits per heavy atom. The minimum absolute atomic E-state index is 0.644. The lowest BCUT2D eigenvalue weighted by Gasteiger charge is -2.14. The lowest BCUT2D eigenvalue weighted by atomic mass is 9.98. The summed E-state index contributed by atoms with van der Waals surface area (Å²) in [7, 11) is 0. The van der Waals surface area contributed by atoms with Gasteiger partial charge in [0.2, 0.25) is 0 Å². The van der Waals surface area contributed by atoms with E-state index in [0.717, 1.165) is 45.1 Å². The molecular formula is C28H22Cl2N2. The zero-order chi connectivity index (χ0) is 22.5. The molecule has 4 aromatic rings. The van der Waals surface area contributed by atoms with E-state index in [-0.39, 0.29) is 0 Å². The first-order chi connectivity index (χ1) is 15.5. The van der Waals surface area contributed by atoms with Crippen LogP contribution in [0.3, 0.4) is 0 Å². The van der Waals surface area contributed by atoms with Gasteiger partial charge in [-0.1, -0.05) is 96.0 Å². The van der Waals surface area contributed by atoms with Gasteiger partial charge in [-0.2, -0.15) is 0 Å². The second-order valence-electron chi connectivity index (χ2n) is 7.51. The van der Waals surface area contributed by atoms with Crippen molar-refractivity contribution in [2.75, 3.05) is 0 Å². The Bertz CT molecular complexity index is 1190. The highest BCUT2D eigenvalue weighted by molar-refractivity contribution is 6.54. The number of nitrogens with zero attached hydrogens (tertiary/aromatic N) is 2. The molecule has 0 atom stereocenters. The Morgan fingerprint density at radius 2 is 0.906 bits per heavy atom. The van der Waals surface area contributed by atoms with Crippen LogP contribution in [0, 0.1) is 13.8 Å². The Hall–Kier alpha value is -3.20. The van der Waals surface area contributed by atoms with Gasteiger partial charge in [-0.15, -0.1) is 0 Å². The number of rotatable bonds is 5. The molecule has 0 aliphatic heterocycles. The summed E-state index contributed by atoms with van der Waals surface area (Å²) < 4.78 is 0. The molecule has 4 rings (SSSR count). The van der Waals surface area contributed by atoms with Crippen LogP contribution in [0.2, 0.25) is 10.0 Å². The predicted molar refractivity (Wildman–Crippen MR) is 138 cm³/mol. The Labute approximate surface area is 198 Å². The minimum Gasteiger partial charge on any atom is -0.246 e. The Kier molecular flexibility index (Phi) is 6.84. The van der Waals surface area contributed by atoms with Gasteiger partial charge in [-0.3, -0.25) is 0 Å². The summed E-state index contributed by atoms with van der Waals surface area (Å²) in [5.41, 5.74) is 7.15. The van der Waals surface area contributed by atoms with Crippen molar-refractivity contribution in [3.63, 3.8) is 0 Å². The highest BCUT2D eigenvalue weighted by Crippen LogP contribution is 2.28. The molecule has 0 spiro atoms. The highest BCUT2D eigenvalue weighted by Gasteiger charge is 2.16. The standard InChI is InChI=1S/C28H22Cl2N2/c1-19-13-15-23(29)17-25(19)31-27(21-9-5-3-6-10-21)28(22-11-7-4-8-12-22)32-26-18-24(30)16-14-20(26)2/h3-18H,1-2H3/b31-27+,32-28+. The smallest absolute Gasteiger partial charge is 0.0972 e. The predicted octanol–water partition coefficient (Wildman–Crippen LogP) is 8.55. The third-order valence-corrected chi connectivity index (χ3v) is 5.60. The van der Waals surface area contributed by atoms with E-state index in [1.807, 2.05) is 111 Å². The largest absolute Gasteiger partial charge is 0.246 e. The van der Waals surface area contributed by atoms with Crippen LogP contribution < -0.4 is 0 Å². The molecule has 0 bridgehead atoms. The summed E-state index contributed by atoms with van der Waals surface area (Å²) in [6.07, 6.45) is 0. The molecule has 0 aromatic heterocycles. The third kappa shape index (κ3) is 5.16. The van der Waals surface area contributed by atoms with Gasteiger partial charge in [-0.25, -0.2) is 9.98 Å². The highest BCUT2D eigenvalue weighted by atomic mass is 35.5. The maximum Gasteiger partial charge on any atom is 0.0972 e. The summed E-state index contributed by atoms with van der Waals surface area (Å²) in [6.45, 7) is 4.05. The summed E-state index contributed by atoms with van der Waals surface area (Å²) in [5, 5.41) is 1.29. The van der Waals surface area contributed by atoms with E-state index in [2.05, 4.69) is 0 Å². The second kappa shape index (κ2) is 9.95. The molecule has 0 saturated carbocycles. The molecule has 0 aliphatic rings. The van der Waals surface area contributed by atoms with Crippen LogP contribution >= 0.6 is 23.2 Å². The summed E-state index contributed by atoms with van der Waals surface area (Å²) in [4.78, 5) is 10.2. The molecule has 0 saturated heterocycles. The van der Waals surface area contributed by atoms with Crippen LogP contribution in [0.25, 0.3) is 0 Å². The normalized spacial score (nSPS) is 12.1. The summed E-state index contributed by atoms with van der Waals surface area (Å²) in [6, 6.07) is 31.6. The molecule has 0 amide bonds. The van der Waals surface area contributed by atoms with E-state index in [1.165, 1.54) is 0 Å². The first-order valence-electron chi connectivity index (χ1n) is 10.3. The van der Waals surface area contributed by atoms with Gasteiger partial charge in [0.05, 0.1) is 22.8 Å². The number of hydrogen-bond acceptors (Lipinski definition) is 2. The quantitative estimate of drug-likeness (QED) is 0.268. The molecule has 0 heterocycles. The van der Waals surface area contributed by atoms with Crippen LogP contribution in [0.1, 0.15) is 22.3 Å². The molecule has 32 heavy (non-hydrogen) atoms. The van der Waals surface area contributed by atoms with Gasteiger partial charge in [-0.05, 0) is 49.2 Å². The van der Waals surface area contributed by atoms with Crippen molar-refractivity contribution in [2.24, 2.45) is 9.98 Å². The molecule has 0 fully saturated rings. The minimum atomic E-state index is 0.644.